The summed E-state index contributed by atoms with van der Waals surface area (Å²) in [5, 5.41) is 1.17. The number of carbonyl (C=O) groups is 1. The van der Waals surface area contributed by atoms with Gasteiger partial charge in [-0.25, -0.2) is 4.79 Å². The van der Waals surface area contributed by atoms with E-state index in [1.54, 1.807) is 24.3 Å². The van der Waals surface area contributed by atoms with Crippen LogP contribution in [-0.4, -0.2) is 38.1 Å². The highest BCUT2D eigenvalue weighted by atomic mass is 35.5. The van der Waals surface area contributed by atoms with E-state index in [9.17, 15) is 4.79 Å². The molecule has 0 aliphatic heterocycles. The second-order valence-corrected chi connectivity index (χ2v) is 6.34. The predicted molar refractivity (Wildman–Crippen MR) is 95.4 cm³/mol. The van der Waals surface area contributed by atoms with E-state index in [0.29, 0.717) is 22.2 Å². The van der Waals surface area contributed by atoms with Crippen molar-refractivity contribution in [3.05, 3.63) is 58.1 Å². The van der Waals surface area contributed by atoms with Gasteiger partial charge < -0.3 is 9.64 Å². The van der Waals surface area contributed by atoms with E-state index in [1.165, 1.54) is 0 Å². The Morgan fingerprint density at radius 3 is 2.39 bits per heavy atom. The lowest BCUT2D eigenvalue weighted by molar-refractivity contribution is 0.0493. The van der Waals surface area contributed by atoms with Gasteiger partial charge in [0, 0.05) is 22.2 Å². The molecule has 2 rings (SSSR count). The second kappa shape index (κ2) is 8.34. The van der Waals surface area contributed by atoms with E-state index in [2.05, 4.69) is 4.90 Å². The molecule has 0 spiro atoms. The smallest absolute Gasteiger partial charge is 0.338 e. The summed E-state index contributed by atoms with van der Waals surface area (Å²) in [5.74, 6) is -0.308. The summed E-state index contributed by atoms with van der Waals surface area (Å²) in [6, 6.07) is 12.5. The standard InChI is InChI=1S/C18H19Cl2NO2/c1-21(2)10-3-11-23-18(22)14-6-4-13(5-7-14)16-9-8-15(19)12-17(16)20/h4-9,12H,3,10-11H2,1-2H3. The van der Waals surface area contributed by atoms with Gasteiger partial charge in [-0.3, -0.25) is 0 Å². The molecule has 0 amide bonds. The number of rotatable bonds is 6. The van der Waals surface area contributed by atoms with Crippen molar-refractivity contribution in [3.8, 4) is 11.1 Å². The van der Waals surface area contributed by atoms with Crippen molar-refractivity contribution in [2.45, 2.75) is 6.42 Å². The Balaban J connectivity index is 2.00. The fourth-order valence-electron chi connectivity index (χ4n) is 2.14. The van der Waals surface area contributed by atoms with Crippen LogP contribution in [0.4, 0.5) is 0 Å². The van der Waals surface area contributed by atoms with Crippen LogP contribution < -0.4 is 0 Å². The van der Waals surface area contributed by atoms with Gasteiger partial charge in [0.25, 0.3) is 0 Å². The second-order valence-electron chi connectivity index (χ2n) is 5.49. The maximum atomic E-state index is 12.0. The quantitative estimate of drug-likeness (QED) is 0.554. The number of halogens is 2. The number of nitrogens with zero attached hydrogens (tertiary/aromatic N) is 1. The first-order chi connectivity index (χ1) is 11.0. The van der Waals surface area contributed by atoms with Gasteiger partial charge in [-0.1, -0.05) is 41.4 Å². The third kappa shape index (κ3) is 5.24. The Hall–Kier alpha value is -1.55. The third-order valence-corrected chi connectivity index (χ3v) is 3.89. The van der Waals surface area contributed by atoms with E-state index in [4.69, 9.17) is 27.9 Å². The minimum absolute atomic E-state index is 0.308. The van der Waals surface area contributed by atoms with Crippen LogP contribution in [-0.2, 0) is 4.74 Å². The van der Waals surface area contributed by atoms with Gasteiger partial charge in [0.1, 0.15) is 0 Å². The van der Waals surface area contributed by atoms with E-state index in [0.717, 1.165) is 24.1 Å². The molecular weight excluding hydrogens is 333 g/mol. The maximum Gasteiger partial charge on any atom is 0.338 e. The highest BCUT2D eigenvalue weighted by molar-refractivity contribution is 6.36. The van der Waals surface area contributed by atoms with Gasteiger partial charge in [-0.2, -0.15) is 0 Å². The van der Waals surface area contributed by atoms with Crippen LogP contribution in [0.15, 0.2) is 42.5 Å². The van der Waals surface area contributed by atoms with Crippen LogP contribution in [0.5, 0.6) is 0 Å². The molecule has 122 valence electrons. The third-order valence-electron chi connectivity index (χ3n) is 3.35. The van der Waals surface area contributed by atoms with E-state index < -0.39 is 0 Å². The fraction of sp³-hybridized carbons (Fsp3) is 0.278. The molecule has 0 saturated carbocycles. The number of ether oxygens (including phenoxy) is 1. The summed E-state index contributed by atoms with van der Waals surface area (Å²) in [6.45, 7) is 1.31. The summed E-state index contributed by atoms with van der Waals surface area (Å²) >= 11 is 12.1. The summed E-state index contributed by atoms with van der Waals surface area (Å²) < 4.78 is 5.25. The largest absolute Gasteiger partial charge is 0.462 e. The molecule has 0 saturated heterocycles. The Kier molecular flexibility index (Phi) is 6.46. The van der Waals surface area contributed by atoms with Crippen molar-refractivity contribution in [2.75, 3.05) is 27.2 Å². The molecular formula is C18H19Cl2NO2. The molecule has 0 unspecified atom stereocenters. The van der Waals surface area contributed by atoms with Crippen LogP contribution in [0, 0.1) is 0 Å². The van der Waals surface area contributed by atoms with E-state index >= 15 is 0 Å². The minimum atomic E-state index is -0.308. The lowest BCUT2D eigenvalue weighted by atomic mass is 10.0. The van der Waals surface area contributed by atoms with E-state index in [-0.39, 0.29) is 5.97 Å². The normalized spacial score (nSPS) is 10.8. The number of hydrogen-bond acceptors (Lipinski definition) is 3. The Morgan fingerprint density at radius 2 is 1.78 bits per heavy atom. The Bertz CT molecular complexity index is 669. The van der Waals surface area contributed by atoms with Crippen molar-refractivity contribution in [3.63, 3.8) is 0 Å². The van der Waals surface area contributed by atoms with Crippen LogP contribution >= 0.6 is 23.2 Å². The monoisotopic (exact) mass is 351 g/mol. The van der Waals surface area contributed by atoms with Crippen molar-refractivity contribution in [1.29, 1.82) is 0 Å². The van der Waals surface area contributed by atoms with Gasteiger partial charge in [-0.15, -0.1) is 0 Å². The molecule has 3 nitrogen and oxygen atoms in total. The molecule has 23 heavy (non-hydrogen) atoms. The average molecular weight is 352 g/mol. The molecule has 0 radical (unpaired) electrons. The lowest BCUT2D eigenvalue weighted by Gasteiger charge is -2.10. The zero-order chi connectivity index (χ0) is 16.8. The van der Waals surface area contributed by atoms with Crippen LogP contribution in [0.1, 0.15) is 16.8 Å². The number of esters is 1. The van der Waals surface area contributed by atoms with Crippen molar-refractivity contribution in [1.82, 2.24) is 4.90 Å². The highest BCUT2D eigenvalue weighted by Gasteiger charge is 2.09. The topological polar surface area (TPSA) is 29.5 Å². The number of carbonyl (C=O) groups excluding carboxylic acids is 1. The summed E-state index contributed by atoms with van der Waals surface area (Å²) in [6.07, 6.45) is 0.817. The number of hydrogen-bond donors (Lipinski definition) is 0. The molecule has 0 atom stereocenters. The molecule has 5 heteroatoms. The fourth-order valence-corrected chi connectivity index (χ4v) is 2.66. The molecule has 2 aromatic rings. The van der Waals surface area contributed by atoms with Crippen LogP contribution in [0.2, 0.25) is 10.0 Å². The molecule has 0 bridgehead atoms. The van der Waals surface area contributed by atoms with Crippen molar-refractivity contribution in [2.24, 2.45) is 0 Å². The molecule has 2 aromatic carbocycles. The minimum Gasteiger partial charge on any atom is -0.462 e. The first-order valence-corrected chi connectivity index (χ1v) is 8.10. The molecule has 0 N–H and O–H groups in total. The summed E-state index contributed by atoms with van der Waals surface area (Å²) in [5.41, 5.74) is 2.33. The zero-order valence-corrected chi connectivity index (χ0v) is 14.7. The lowest BCUT2D eigenvalue weighted by Crippen LogP contribution is -2.16. The predicted octanol–water partition coefficient (Wildman–Crippen LogP) is 4.77. The molecule has 0 aliphatic carbocycles. The van der Waals surface area contributed by atoms with Gasteiger partial charge in [0.2, 0.25) is 0 Å². The highest BCUT2D eigenvalue weighted by Crippen LogP contribution is 2.30. The molecule has 0 fully saturated rings. The summed E-state index contributed by atoms with van der Waals surface area (Å²) in [4.78, 5) is 14.0. The van der Waals surface area contributed by atoms with Gasteiger partial charge in [0.15, 0.2) is 0 Å². The molecule has 0 aliphatic rings. The average Bonchev–Trinajstić information content (AvgIpc) is 2.51. The first kappa shape index (κ1) is 17.8. The van der Waals surface area contributed by atoms with E-state index in [1.807, 2.05) is 32.3 Å². The maximum absolute atomic E-state index is 12.0. The first-order valence-electron chi connectivity index (χ1n) is 7.34. The van der Waals surface area contributed by atoms with Gasteiger partial charge in [-0.05, 0) is 50.3 Å². The van der Waals surface area contributed by atoms with Crippen LogP contribution in [0.25, 0.3) is 11.1 Å². The Morgan fingerprint density at radius 1 is 1.09 bits per heavy atom. The van der Waals surface area contributed by atoms with Crippen molar-refractivity contribution < 1.29 is 9.53 Å². The molecule has 0 heterocycles. The SMILES string of the molecule is CN(C)CCCOC(=O)c1ccc(-c2ccc(Cl)cc2Cl)cc1. The van der Waals surface area contributed by atoms with Crippen LogP contribution in [0.3, 0.4) is 0 Å². The number of benzene rings is 2. The zero-order valence-electron chi connectivity index (χ0n) is 13.2. The molecule has 0 aromatic heterocycles. The Labute approximate surface area is 146 Å². The van der Waals surface area contributed by atoms with Gasteiger partial charge in [0.05, 0.1) is 12.2 Å². The van der Waals surface area contributed by atoms with Gasteiger partial charge >= 0.3 is 5.97 Å². The van der Waals surface area contributed by atoms with Crippen molar-refractivity contribution >= 4 is 29.2 Å². The summed E-state index contributed by atoms with van der Waals surface area (Å²) in [7, 11) is 3.98.